The van der Waals surface area contributed by atoms with E-state index in [4.69, 9.17) is 21.1 Å². The second-order valence-electron chi connectivity index (χ2n) is 7.32. The Kier molecular flexibility index (Phi) is 8.17. The lowest BCUT2D eigenvalue weighted by molar-refractivity contribution is -0.132. The number of halogens is 1. The zero-order valence-electron chi connectivity index (χ0n) is 18.4. The Morgan fingerprint density at radius 1 is 1.00 bits per heavy atom. The summed E-state index contributed by atoms with van der Waals surface area (Å²) in [6, 6.07) is 11.1. The molecule has 0 spiro atoms. The van der Waals surface area contributed by atoms with Crippen molar-refractivity contribution >= 4 is 33.4 Å². The van der Waals surface area contributed by atoms with Crippen LogP contribution in [0.3, 0.4) is 0 Å². The number of amides is 2. The Morgan fingerprint density at radius 2 is 1.67 bits per heavy atom. The molecule has 2 aromatic carbocycles. The fourth-order valence-electron chi connectivity index (χ4n) is 3.50. The largest absolute Gasteiger partial charge is 0.497 e. The van der Waals surface area contributed by atoms with E-state index in [0.29, 0.717) is 43.2 Å². The average Bonchev–Trinajstić information content (AvgIpc) is 2.83. The van der Waals surface area contributed by atoms with E-state index in [9.17, 15) is 18.0 Å². The maximum atomic E-state index is 12.9. The molecule has 3 rings (SSSR count). The monoisotopic (exact) mass is 495 g/mol. The highest BCUT2D eigenvalue weighted by Gasteiger charge is 2.27. The van der Waals surface area contributed by atoms with Gasteiger partial charge < -0.3 is 19.3 Å². The van der Waals surface area contributed by atoms with E-state index in [1.165, 1.54) is 26.4 Å². The number of carbonyl (C=O) groups is 2. The number of methoxy groups -OCH3 is 2. The molecule has 2 amide bonds. The molecule has 178 valence electrons. The molecule has 0 saturated carbocycles. The molecule has 1 N–H and O–H groups in total. The number of nitrogens with zero attached hydrogens (tertiary/aromatic N) is 2. The molecule has 0 atom stereocenters. The summed E-state index contributed by atoms with van der Waals surface area (Å²) in [4.78, 5) is 28.7. The third-order valence-electron chi connectivity index (χ3n) is 5.32. The van der Waals surface area contributed by atoms with E-state index in [2.05, 4.69) is 4.72 Å². The lowest BCUT2D eigenvalue weighted by Gasteiger charge is -2.35. The molecule has 0 bridgehead atoms. The van der Waals surface area contributed by atoms with Crippen molar-refractivity contribution in [2.75, 3.05) is 46.9 Å². The Morgan fingerprint density at radius 3 is 2.30 bits per heavy atom. The smallest absolute Gasteiger partial charge is 0.257 e. The molecule has 9 nitrogen and oxygen atoms in total. The first-order chi connectivity index (χ1) is 15.8. The molecule has 33 heavy (non-hydrogen) atoms. The van der Waals surface area contributed by atoms with Crippen LogP contribution in [-0.2, 0) is 14.8 Å². The zero-order valence-corrected chi connectivity index (χ0v) is 20.0. The van der Waals surface area contributed by atoms with Crippen molar-refractivity contribution in [3.8, 4) is 11.5 Å². The van der Waals surface area contributed by atoms with Gasteiger partial charge in [-0.05, 0) is 24.3 Å². The highest BCUT2D eigenvalue weighted by molar-refractivity contribution is 7.89. The van der Waals surface area contributed by atoms with Crippen molar-refractivity contribution in [2.45, 2.75) is 11.3 Å². The van der Waals surface area contributed by atoms with Crippen LogP contribution in [0.1, 0.15) is 16.8 Å². The van der Waals surface area contributed by atoms with Gasteiger partial charge in [-0.3, -0.25) is 9.59 Å². The van der Waals surface area contributed by atoms with Gasteiger partial charge in [-0.15, -0.1) is 0 Å². The number of sulfonamides is 1. The number of nitrogens with one attached hydrogen (secondary N) is 1. The van der Waals surface area contributed by atoms with E-state index in [1.54, 1.807) is 40.1 Å². The second kappa shape index (κ2) is 10.9. The minimum absolute atomic E-state index is 0.00390. The summed E-state index contributed by atoms with van der Waals surface area (Å²) in [5, 5.41) is 0.116. The van der Waals surface area contributed by atoms with Gasteiger partial charge in [0.1, 0.15) is 16.4 Å². The zero-order chi connectivity index (χ0) is 24.0. The summed E-state index contributed by atoms with van der Waals surface area (Å²) >= 11 is 5.95. The Labute approximate surface area is 198 Å². The molecule has 11 heteroatoms. The number of hydrogen-bond acceptors (Lipinski definition) is 6. The summed E-state index contributed by atoms with van der Waals surface area (Å²) in [6.45, 7) is 1.41. The first kappa shape index (κ1) is 24.8. The maximum Gasteiger partial charge on any atom is 0.257 e. The quantitative estimate of drug-likeness (QED) is 0.600. The van der Waals surface area contributed by atoms with Crippen LogP contribution in [0.15, 0.2) is 47.4 Å². The third kappa shape index (κ3) is 5.95. The predicted molar refractivity (Wildman–Crippen MR) is 123 cm³/mol. The lowest BCUT2D eigenvalue weighted by atomic mass is 10.1. The van der Waals surface area contributed by atoms with Gasteiger partial charge in [0, 0.05) is 45.2 Å². The van der Waals surface area contributed by atoms with Crippen molar-refractivity contribution in [1.82, 2.24) is 14.5 Å². The minimum atomic E-state index is -3.81. The standard InChI is InChI=1S/C22H26ClN3O6S/c1-31-16-7-8-17(19(15-16)32-2)22(28)26-13-11-25(12-14-26)21(27)9-10-24-33(29,30)20-6-4-3-5-18(20)23/h3-8,15,24H,9-14H2,1-2H3. The number of piperazine rings is 1. The highest BCUT2D eigenvalue weighted by Crippen LogP contribution is 2.26. The number of rotatable bonds is 8. The van der Waals surface area contributed by atoms with Gasteiger partial charge in [0.2, 0.25) is 15.9 Å². The van der Waals surface area contributed by atoms with Gasteiger partial charge in [-0.1, -0.05) is 23.7 Å². The lowest BCUT2D eigenvalue weighted by Crippen LogP contribution is -2.51. The Balaban J connectivity index is 1.51. The van der Waals surface area contributed by atoms with Gasteiger partial charge in [0.15, 0.2) is 0 Å². The molecular weight excluding hydrogens is 470 g/mol. The van der Waals surface area contributed by atoms with E-state index >= 15 is 0 Å². The number of hydrogen-bond donors (Lipinski definition) is 1. The second-order valence-corrected chi connectivity index (χ2v) is 9.46. The average molecular weight is 496 g/mol. The fourth-order valence-corrected chi connectivity index (χ4v) is 5.04. The van der Waals surface area contributed by atoms with Crippen LogP contribution in [0.4, 0.5) is 0 Å². The molecule has 0 aromatic heterocycles. The van der Waals surface area contributed by atoms with Crippen LogP contribution < -0.4 is 14.2 Å². The predicted octanol–water partition coefficient (Wildman–Crippen LogP) is 2.01. The molecule has 0 unspecified atom stereocenters. The molecule has 1 heterocycles. The molecule has 1 aliphatic rings. The first-order valence-corrected chi connectivity index (χ1v) is 12.2. The van der Waals surface area contributed by atoms with Crippen LogP contribution in [0, 0.1) is 0 Å². The summed E-state index contributed by atoms with van der Waals surface area (Å²) in [5.74, 6) is 0.632. The van der Waals surface area contributed by atoms with Gasteiger partial charge in [0.05, 0.1) is 24.8 Å². The summed E-state index contributed by atoms with van der Waals surface area (Å²) in [6.07, 6.45) is 0.00390. The topological polar surface area (TPSA) is 105 Å². The van der Waals surface area contributed by atoms with Crippen LogP contribution in [-0.4, -0.2) is 77.0 Å². The molecule has 1 fully saturated rings. The number of ether oxygens (including phenoxy) is 2. The van der Waals surface area contributed by atoms with Gasteiger partial charge in [0.25, 0.3) is 5.91 Å². The molecule has 0 radical (unpaired) electrons. The first-order valence-electron chi connectivity index (χ1n) is 10.3. The Hall–Kier alpha value is -2.82. The number of benzene rings is 2. The van der Waals surface area contributed by atoms with Crippen molar-refractivity contribution in [3.05, 3.63) is 53.1 Å². The van der Waals surface area contributed by atoms with Crippen molar-refractivity contribution in [2.24, 2.45) is 0 Å². The molecule has 1 saturated heterocycles. The van der Waals surface area contributed by atoms with Crippen LogP contribution >= 0.6 is 11.6 Å². The van der Waals surface area contributed by atoms with Gasteiger partial charge in [-0.2, -0.15) is 0 Å². The van der Waals surface area contributed by atoms with E-state index < -0.39 is 10.0 Å². The molecule has 0 aliphatic carbocycles. The fraction of sp³-hybridized carbons (Fsp3) is 0.364. The van der Waals surface area contributed by atoms with Gasteiger partial charge >= 0.3 is 0 Å². The van der Waals surface area contributed by atoms with Crippen LogP contribution in [0.25, 0.3) is 0 Å². The van der Waals surface area contributed by atoms with E-state index in [-0.39, 0.29) is 34.7 Å². The van der Waals surface area contributed by atoms with Crippen LogP contribution in [0.2, 0.25) is 5.02 Å². The van der Waals surface area contributed by atoms with Crippen molar-refractivity contribution < 1.29 is 27.5 Å². The Bertz CT molecular complexity index is 1120. The maximum absolute atomic E-state index is 12.9. The van der Waals surface area contributed by atoms with Gasteiger partial charge in [-0.25, -0.2) is 13.1 Å². The minimum Gasteiger partial charge on any atom is -0.497 e. The SMILES string of the molecule is COc1ccc(C(=O)N2CCN(C(=O)CCNS(=O)(=O)c3ccccc3Cl)CC2)c(OC)c1. The van der Waals surface area contributed by atoms with Crippen molar-refractivity contribution in [1.29, 1.82) is 0 Å². The summed E-state index contributed by atoms with van der Waals surface area (Å²) in [5.41, 5.74) is 0.423. The summed E-state index contributed by atoms with van der Waals surface area (Å²) in [7, 11) is -0.782. The summed E-state index contributed by atoms with van der Waals surface area (Å²) < 4.78 is 37.6. The third-order valence-corrected chi connectivity index (χ3v) is 7.28. The molecular formula is C22H26ClN3O6S. The van der Waals surface area contributed by atoms with Crippen LogP contribution in [0.5, 0.6) is 11.5 Å². The van der Waals surface area contributed by atoms with Crippen molar-refractivity contribution in [3.63, 3.8) is 0 Å². The number of carbonyl (C=O) groups excluding carboxylic acids is 2. The van der Waals surface area contributed by atoms with E-state index in [1.807, 2.05) is 0 Å². The molecule has 1 aliphatic heterocycles. The highest BCUT2D eigenvalue weighted by atomic mass is 35.5. The van der Waals surface area contributed by atoms with E-state index in [0.717, 1.165) is 0 Å². The molecule has 2 aromatic rings. The normalized spacial score (nSPS) is 14.2.